The van der Waals surface area contributed by atoms with Crippen LogP contribution in [-0.2, 0) is 23.0 Å². The molecule has 29 heavy (non-hydrogen) atoms. The molecule has 2 aliphatic rings. The van der Waals surface area contributed by atoms with E-state index in [4.69, 9.17) is 0 Å². The summed E-state index contributed by atoms with van der Waals surface area (Å²) in [6.45, 7) is 1.98. The fraction of sp³-hybridized carbons (Fsp3) is 0.409. The maximum atomic E-state index is 13.3. The highest BCUT2D eigenvalue weighted by Gasteiger charge is 2.26. The van der Waals surface area contributed by atoms with Gasteiger partial charge in [0.15, 0.2) is 0 Å². The molecular formula is C22H27N3O3S. The van der Waals surface area contributed by atoms with Gasteiger partial charge in [-0.3, -0.25) is 4.79 Å². The number of benzene rings is 2. The molecule has 1 fully saturated rings. The first-order valence-corrected chi connectivity index (χ1v) is 11.5. The maximum Gasteiger partial charge on any atom is 0.254 e. The van der Waals surface area contributed by atoms with Crippen LogP contribution in [0.1, 0.15) is 34.3 Å². The Bertz CT molecular complexity index is 1030. The van der Waals surface area contributed by atoms with Gasteiger partial charge >= 0.3 is 0 Å². The van der Waals surface area contributed by atoms with E-state index in [2.05, 4.69) is 11.4 Å². The van der Waals surface area contributed by atoms with Gasteiger partial charge < -0.3 is 10.2 Å². The summed E-state index contributed by atoms with van der Waals surface area (Å²) >= 11 is 0. The van der Waals surface area contributed by atoms with Crippen molar-refractivity contribution in [1.82, 2.24) is 9.21 Å². The first-order chi connectivity index (χ1) is 13.8. The van der Waals surface area contributed by atoms with Crippen molar-refractivity contribution >= 4 is 21.6 Å². The van der Waals surface area contributed by atoms with Crippen molar-refractivity contribution in [1.29, 1.82) is 0 Å². The van der Waals surface area contributed by atoms with Crippen LogP contribution in [0, 0.1) is 5.92 Å². The van der Waals surface area contributed by atoms with E-state index in [0.29, 0.717) is 30.3 Å². The highest BCUT2D eigenvalue weighted by Crippen LogP contribution is 2.30. The Morgan fingerprint density at radius 1 is 1.14 bits per heavy atom. The van der Waals surface area contributed by atoms with E-state index in [1.807, 2.05) is 18.2 Å². The molecule has 1 saturated carbocycles. The predicted octanol–water partition coefficient (Wildman–Crippen LogP) is 2.96. The Labute approximate surface area is 172 Å². The van der Waals surface area contributed by atoms with Gasteiger partial charge in [-0.25, -0.2) is 12.7 Å². The number of amides is 1. The van der Waals surface area contributed by atoms with Crippen molar-refractivity contribution in [3.63, 3.8) is 0 Å². The Hall–Kier alpha value is -2.38. The van der Waals surface area contributed by atoms with E-state index in [1.165, 1.54) is 42.9 Å². The minimum absolute atomic E-state index is 0.134. The highest BCUT2D eigenvalue weighted by molar-refractivity contribution is 7.89. The summed E-state index contributed by atoms with van der Waals surface area (Å²) < 4.78 is 26.6. The van der Waals surface area contributed by atoms with Crippen molar-refractivity contribution in [2.45, 2.75) is 30.7 Å². The number of nitrogens with zero attached hydrogens (tertiary/aromatic N) is 2. The van der Waals surface area contributed by atoms with Gasteiger partial charge in [-0.2, -0.15) is 0 Å². The normalized spacial score (nSPS) is 16.6. The van der Waals surface area contributed by atoms with Crippen LogP contribution in [-0.4, -0.2) is 50.7 Å². The molecule has 0 atom stereocenters. The van der Waals surface area contributed by atoms with E-state index >= 15 is 0 Å². The predicted molar refractivity (Wildman–Crippen MR) is 113 cm³/mol. The third-order valence-electron chi connectivity index (χ3n) is 5.64. The van der Waals surface area contributed by atoms with Crippen molar-refractivity contribution in [2.24, 2.45) is 5.92 Å². The summed E-state index contributed by atoms with van der Waals surface area (Å²) in [5.74, 6) is 0.506. The number of rotatable bonds is 6. The van der Waals surface area contributed by atoms with Crippen LogP contribution < -0.4 is 5.32 Å². The lowest BCUT2D eigenvalue weighted by Gasteiger charge is -2.29. The monoisotopic (exact) mass is 413 g/mol. The number of anilines is 1. The molecule has 6 nitrogen and oxygen atoms in total. The zero-order chi connectivity index (χ0) is 20.6. The van der Waals surface area contributed by atoms with Gasteiger partial charge in [0.25, 0.3) is 5.91 Å². The molecule has 154 valence electrons. The van der Waals surface area contributed by atoms with Crippen LogP contribution in [0.2, 0.25) is 0 Å². The number of sulfonamides is 1. The summed E-state index contributed by atoms with van der Waals surface area (Å²) in [6, 6.07) is 13.0. The quantitative estimate of drug-likeness (QED) is 0.791. The largest absolute Gasteiger partial charge is 0.385 e. The molecule has 7 heteroatoms. The summed E-state index contributed by atoms with van der Waals surface area (Å²) in [6.07, 6.45) is 3.20. The van der Waals surface area contributed by atoms with E-state index in [-0.39, 0.29) is 10.8 Å². The third-order valence-corrected chi connectivity index (χ3v) is 7.43. The third kappa shape index (κ3) is 4.31. The van der Waals surface area contributed by atoms with E-state index < -0.39 is 10.0 Å². The molecule has 1 aliphatic carbocycles. The van der Waals surface area contributed by atoms with E-state index in [1.54, 1.807) is 17.0 Å². The van der Waals surface area contributed by atoms with Crippen LogP contribution in [0.15, 0.2) is 47.4 Å². The van der Waals surface area contributed by atoms with Crippen molar-refractivity contribution in [2.75, 3.05) is 32.5 Å². The minimum Gasteiger partial charge on any atom is -0.385 e. The van der Waals surface area contributed by atoms with Crippen molar-refractivity contribution < 1.29 is 13.2 Å². The van der Waals surface area contributed by atoms with Crippen molar-refractivity contribution in [3.05, 3.63) is 59.2 Å². The molecule has 0 unspecified atom stereocenters. The number of nitrogens with one attached hydrogen (secondary N) is 1. The Morgan fingerprint density at radius 2 is 1.86 bits per heavy atom. The molecule has 0 radical (unpaired) electrons. The molecule has 0 saturated heterocycles. The van der Waals surface area contributed by atoms with Crippen LogP contribution in [0.5, 0.6) is 0 Å². The van der Waals surface area contributed by atoms with E-state index in [0.717, 1.165) is 18.5 Å². The number of fused-ring (bicyclic) bond motifs is 1. The van der Waals surface area contributed by atoms with Gasteiger partial charge in [0.1, 0.15) is 0 Å². The smallest absolute Gasteiger partial charge is 0.254 e. The SMILES string of the molecule is CN(C)S(=O)(=O)c1cc(NCC2CC2)cc(C(=O)N2CCc3ccccc3C2)c1. The molecule has 2 aromatic carbocycles. The Kier molecular flexibility index (Phi) is 5.36. The average molecular weight is 414 g/mol. The molecule has 4 rings (SSSR count). The molecule has 0 aromatic heterocycles. The van der Waals surface area contributed by atoms with Crippen LogP contribution in [0.4, 0.5) is 5.69 Å². The van der Waals surface area contributed by atoms with Gasteiger partial charge in [-0.1, -0.05) is 24.3 Å². The summed E-state index contributed by atoms with van der Waals surface area (Å²) in [5, 5.41) is 3.32. The number of hydrogen-bond acceptors (Lipinski definition) is 4. The number of carbonyl (C=O) groups is 1. The topological polar surface area (TPSA) is 69.7 Å². The van der Waals surface area contributed by atoms with Crippen LogP contribution in [0.25, 0.3) is 0 Å². The lowest BCUT2D eigenvalue weighted by molar-refractivity contribution is 0.0734. The summed E-state index contributed by atoms with van der Waals surface area (Å²) in [4.78, 5) is 15.2. The minimum atomic E-state index is -3.64. The summed E-state index contributed by atoms with van der Waals surface area (Å²) in [5.41, 5.74) is 3.51. The van der Waals surface area contributed by atoms with E-state index in [9.17, 15) is 13.2 Å². The number of hydrogen-bond donors (Lipinski definition) is 1. The van der Waals surface area contributed by atoms with Gasteiger partial charge in [-0.05, 0) is 54.5 Å². The molecular weight excluding hydrogens is 386 g/mol. The summed E-state index contributed by atoms with van der Waals surface area (Å²) in [7, 11) is -0.630. The molecule has 2 aromatic rings. The second-order valence-corrected chi connectivity index (χ2v) is 10.3. The molecule has 1 amide bonds. The Morgan fingerprint density at radius 3 is 2.55 bits per heavy atom. The molecule has 1 aliphatic heterocycles. The average Bonchev–Trinajstić information content (AvgIpc) is 3.55. The molecule has 1 heterocycles. The standard InChI is InChI=1S/C22H27N3O3S/c1-24(2)29(27,28)21-12-19(11-20(13-21)23-14-16-7-8-16)22(26)25-10-9-17-5-3-4-6-18(17)15-25/h3-6,11-13,16,23H,7-10,14-15H2,1-2H3. The fourth-order valence-corrected chi connectivity index (χ4v) is 4.59. The molecule has 0 spiro atoms. The highest BCUT2D eigenvalue weighted by atomic mass is 32.2. The molecule has 1 N–H and O–H groups in total. The maximum absolute atomic E-state index is 13.3. The zero-order valence-corrected chi connectivity index (χ0v) is 17.7. The lowest BCUT2D eigenvalue weighted by Crippen LogP contribution is -2.36. The van der Waals surface area contributed by atoms with Crippen LogP contribution in [0.3, 0.4) is 0 Å². The van der Waals surface area contributed by atoms with Crippen LogP contribution >= 0.6 is 0 Å². The second kappa shape index (κ2) is 7.80. The first-order valence-electron chi connectivity index (χ1n) is 10.0. The Balaban J connectivity index is 1.64. The molecule has 0 bridgehead atoms. The van der Waals surface area contributed by atoms with Gasteiger partial charge in [0, 0.05) is 45.0 Å². The van der Waals surface area contributed by atoms with Gasteiger partial charge in [0.2, 0.25) is 10.0 Å². The zero-order valence-electron chi connectivity index (χ0n) is 16.9. The second-order valence-electron chi connectivity index (χ2n) is 8.10. The fourth-order valence-electron chi connectivity index (χ4n) is 3.62. The van der Waals surface area contributed by atoms with Crippen molar-refractivity contribution in [3.8, 4) is 0 Å². The van der Waals surface area contributed by atoms with Gasteiger partial charge in [-0.15, -0.1) is 0 Å². The van der Waals surface area contributed by atoms with Gasteiger partial charge in [0.05, 0.1) is 4.90 Å². The lowest BCUT2D eigenvalue weighted by atomic mass is 9.99. The first kappa shape index (κ1) is 19.9. The number of carbonyl (C=O) groups excluding carboxylic acids is 1.